The van der Waals surface area contributed by atoms with Gasteiger partial charge < -0.3 is 26.2 Å². The van der Waals surface area contributed by atoms with Gasteiger partial charge in [-0.15, -0.1) is 0 Å². The van der Waals surface area contributed by atoms with Crippen molar-refractivity contribution in [2.75, 3.05) is 38.4 Å². The Balaban J connectivity index is 1.60. The highest BCUT2D eigenvalue weighted by atomic mass is 16.3. The van der Waals surface area contributed by atoms with E-state index in [1.54, 1.807) is 57.6 Å². The number of amides is 1. The van der Waals surface area contributed by atoms with Gasteiger partial charge in [-0.05, 0) is 56.1 Å². The highest BCUT2D eigenvalue weighted by molar-refractivity contribution is 6.32. The number of aromatic nitrogens is 1. The molecule has 0 saturated heterocycles. The molecule has 5 N–H and O–H groups in total. The number of nitrogens with one attached hydrogen (secondary N) is 1. The number of Topliss-reactive ketones (excluding diaryl/α,β-unsaturated/α-hetero) is 4. The van der Waals surface area contributed by atoms with Crippen LogP contribution in [0.4, 0.5) is 11.4 Å². The molecule has 3 aliphatic carbocycles. The van der Waals surface area contributed by atoms with Crippen molar-refractivity contribution in [1.82, 2.24) is 9.88 Å². The maximum absolute atomic E-state index is 14.1. The standard InChI is InChI=1S/C29H33N5O7/c1-33(2)18-10-17(32-12-13-6-5-7-31-11-13)23(35)20-15(18)8-14-9-16-22(34(3)4)25(37)21(28(30)40)27(39)29(16,41)26(38)19(14)24(20)36/h5-7,10-11,14,16,19,21-22,32,35,41H,8-9,12H2,1-4H3,(H2,30,40)/t14-,16-,19?,21?,22-,29-/m0/s1. The van der Waals surface area contributed by atoms with Gasteiger partial charge in [0.05, 0.1) is 23.2 Å². The van der Waals surface area contributed by atoms with Crippen LogP contribution in [0.3, 0.4) is 0 Å². The number of nitrogens with two attached hydrogens (primary N) is 1. The van der Waals surface area contributed by atoms with Gasteiger partial charge >= 0.3 is 0 Å². The van der Waals surface area contributed by atoms with Gasteiger partial charge in [0.15, 0.2) is 34.7 Å². The van der Waals surface area contributed by atoms with Crippen LogP contribution < -0.4 is 16.0 Å². The summed E-state index contributed by atoms with van der Waals surface area (Å²) in [7, 11) is 6.70. The highest BCUT2D eigenvalue weighted by Crippen LogP contribution is 2.52. The van der Waals surface area contributed by atoms with E-state index in [-0.39, 0.29) is 29.8 Å². The minimum atomic E-state index is -2.76. The number of hydrogen-bond acceptors (Lipinski definition) is 11. The second-order valence-corrected chi connectivity index (χ2v) is 11.5. The second-order valence-electron chi connectivity index (χ2n) is 11.5. The Morgan fingerprint density at radius 1 is 1.17 bits per heavy atom. The number of pyridine rings is 1. The smallest absolute Gasteiger partial charge is 0.235 e. The van der Waals surface area contributed by atoms with E-state index in [0.29, 0.717) is 17.8 Å². The minimum Gasteiger partial charge on any atom is -0.505 e. The molecule has 3 aliphatic rings. The number of aliphatic hydroxyl groups is 1. The van der Waals surface area contributed by atoms with Crippen molar-refractivity contribution in [3.63, 3.8) is 0 Å². The van der Waals surface area contributed by atoms with Crippen molar-refractivity contribution in [3.8, 4) is 5.75 Å². The lowest BCUT2D eigenvalue weighted by molar-refractivity contribution is -0.181. The van der Waals surface area contributed by atoms with E-state index < -0.39 is 64.4 Å². The highest BCUT2D eigenvalue weighted by Gasteiger charge is 2.69. The van der Waals surface area contributed by atoms with Crippen LogP contribution in [0.1, 0.15) is 27.9 Å². The maximum Gasteiger partial charge on any atom is 0.235 e. The predicted octanol–water partition coefficient (Wildman–Crippen LogP) is -0.0599. The molecule has 12 heteroatoms. The zero-order chi connectivity index (χ0) is 30.0. The van der Waals surface area contributed by atoms with E-state index in [1.165, 1.54) is 4.90 Å². The summed E-state index contributed by atoms with van der Waals surface area (Å²) in [5.41, 5.74) is 4.85. The third-order valence-electron chi connectivity index (χ3n) is 8.73. The minimum absolute atomic E-state index is 0.00145. The molecule has 1 amide bonds. The van der Waals surface area contributed by atoms with Crippen LogP contribution in [0, 0.1) is 23.7 Å². The van der Waals surface area contributed by atoms with Gasteiger partial charge in [-0.3, -0.25) is 33.9 Å². The SMILES string of the molecule is CN(C)c1cc(NCc2cccnc2)c(O)c2c1C[C@H]1C[C@H]3[C@H](N(C)C)C(=O)C(C(N)=O)C(=O)[C@@]3(O)C(=O)C1C2=O. The topological polar surface area (TPSA) is 183 Å². The van der Waals surface area contributed by atoms with Crippen molar-refractivity contribution in [2.45, 2.75) is 31.0 Å². The fourth-order valence-corrected chi connectivity index (χ4v) is 6.89. The molecule has 2 saturated carbocycles. The Morgan fingerprint density at radius 2 is 1.88 bits per heavy atom. The molecule has 2 unspecified atom stereocenters. The zero-order valence-corrected chi connectivity index (χ0v) is 23.2. The van der Waals surface area contributed by atoms with Crippen LogP contribution in [0.25, 0.3) is 0 Å². The maximum atomic E-state index is 14.1. The van der Waals surface area contributed by atoms with E-state index in [9.17, 15) is 34.2 Å². The average molecular weight is 564 g/mol. The second kappa shape index (κ2) is 10.0. The van der Waals surface area contributed by atoms with E-state index >= 15 is 0 Å². The molecule has 41 heavy (non-hydrogen) atoms. The molecule has 6 atom stereocenters. The number of carbonyl (C=O) groups is 5. The Labute approximate surface area is 236 Å². The van der Waals surface area contributed by atoms with Crippen LogP contribution in [-0.4, -0.2) is 89.0 Å². The first kappa shape index (κ1) is 28.4. The van der Waals surface area contributed by atoms with Crippen LogP contribution in [-0.2, 0) is 32.1 Å². The molecule has 216 valence electrons. The monoisotopic (exact) mass is 563 g/mol. The molecule has 12 nitrogen and oxygen atoms in total. The number of likely N-dealkylation sites (N-methyl/N-ethyl adjacent to an activating group) is 1. The van der Waals surface area contributed by atoms with Crippen molar-refractivity contribution >= 4 is 40.4 Å². The van der Waals surface area contributed by atoms with E-state index in [1.807, 2.05) is 6.07 Å². The third kappa shape index (κ3) is 4.20. The molecular weight excluding hydrogens is 530 g/mol. The number of phenols is 1. The average Bonchev–Trinajstić information content (AvgIpc) is 2.90. The van der Waals surface area contributed by atoms with Gasteiger partial charge in [0.25, 0.3) is 0 Å². The lowest BCUT2D eigenvalue weighted by Crippen LogP contribution is -2.74. The molecule has 1 aromatic heterocycles. The number of carbonyl (C=O) groups excluding carboxylic acids is 5. The summed E-state index contributed by atoms with van der Waals surface area (Å²) in [5, 5.41) is 26.2. The van der Waals surface area contributed by atoms with Gasteiger partial charge in [0.1, 0.15) is 5.75 Å². The fraction of sp³-hybridized carbons (Fsp3) is 0.448. The Morgan fingerprint density at radius 3 is 2.46 bits per heavy atom. The number of phenolic OH excluding ortho intramolecular Hbond substituents is 1. The Hall–Kier alpha value is -4.16. The first-order chi connectivity index (χ1) is 19.3. The molecule has 0 aliphatic heterocycles. The van der Waals surface area contributed by atoms with Gasteiger partial charge in [-0.1, -0.05) is 6.07 Å². The number of fused-ring (bicyclic) bond motifs is 3. The number of hydrogen-bond donors (Lipinski definition) is 4. The summed E-state index contributed by atoms with van der Waals surface area (Å²) in [6.07, 6.45) is 3.49. The summed E-state index contributed by atoms with van der Waals surface area (Å²) in [6.45, 7) is 0.302. The Bertz CT molecular complexity index is 1470. The van der Waals surface area contributed by atoms with Crippen LogP contribution in [0.2, 0.25) is 0 Å². The molecular formula is C29H33N5O7. The molecule has 0 radical (unpaired) electrons. The largest absolute Gasteiger partial charge is 0.505 e. The van der Waals surface area contributed by atoms with Gasteiger partial charge in [-0.25, -0.2) is 0 Å². The quantitative estimate of drug-likeness (QED) is 0.273. The summed E-state index contributed by atoms with van der Waals surface area (Å²) in [4.78, 5) is 74.3. The first-order valence-electron chi connectivity index (χ1n) is 13.3. The van der Waals surface area contributed by atoms with Crippen molar-refractivity contribution in [1.29, 1.82) is 0 Å². The Kier molecular flexibility index (Phi) is 6.94. The predicted molar refractivity (Wildman–Crippen MR) is 147 cm³/mol. The number of primary amides is 1. The molecule has 2 fully saturated rings. The number of rotatable bonds is 6. The number of aromatic hydroxyl groups is 1. The van der Waals surface area contributed by atoms with Gasteiger partial charge in [0.2, 0.25) is 5.91 Å². The first-order valence-corrected chi connectivity index (χ1v) is 13.3. The van der Waals surface area contributed by atoms with Crippen LogP contribution in [0.5, 0.6) is 5.75 Å². The summed E-state index contributed by atoms with van der Waals surface area (Å²) < 4.78 is 0. The zero-order valence-electron chi connectivity index (χ0n) is 23.2. The van der Waals surface area contributed by atoms with Crippen molar-refractivity contribution in [3.05, 3.63) is 47.3 Å². The molecule has 1 heterocycles. The van der Waals surface area contributed by atoms with Crippen molar-refractivity contribution in [2.24, 2.45) is 29.4 Å². The van der Waals surface area contributed by atoms with Gasteiger partial charge in [-0.2, -0.15) is 0 Å². The number of ketones is 4. The lowest BCUT2D eigenvalue weighted by atomic mass is 9.52. The fourth-order valence-electron chi connectivity index (χ4n) is 6.89. The molecule has 0 bridgehead atoms. The van der Waals surface area contributed by atoms with Crippen LogP contribution >= 0.6 is 0 Å². The summed E-state index contributed by atoms with van der Waals surface area (Å²) in [6, 6.07) is 4.21. The number of nitrogens with zero attached hydrogens (tertiary/aromatic N) is 3. The lowest BCUT2D eigenvalue weighted by Gasteiger charge is -2.52. The summed E-state index contributed by atoms with van der Waals surface area (Å²) >= 11 is 0. The molecule has 2 aromatic rings. The molecule has 0 spiro atoms. The number of anilines is 2. The summed E-state index contributed by atoms with van der Waals surface area (Å²) in [5.74, 6) is -10.7. The number of benzene rings is 1. The van der Waals surface area contributed by atoms with Gasteiger partial charge in [0, 0.05) is 44.6 Å². The third-order valence-corrected chi connectivity index (χ3v) is 8.73. The van der Waals surface area contributed by atoms with Crippen molar-refractivity contribution < 1.29 is 34.2 Å². The van der Waals surface area contributed by atoms with E-state index in [2.05, 4.69) is 10.3 Å². The van der Waals surface area contributed by atoms with E-state index in [0.717, 1.165) is 5.56 Å². The van der Waals surface area contributed by atoms with E-state index in [4.69, 9.17) is 5.73 Å². The molecule has 5 rings (SSSR count). The normalized spacial score (nSPS) is 29.1. The molecule has 1 aromatic carbocycles. The van der Waals surface area contributed by atoms with Crippen LogP contribution in [0.15, 0.2) is 30.6 Å².